The van der Waals surface area contributed by atoms with Gasteiger partial charge in [0.05, 0.1) is 10.0 Å². The topological polar surface area (TPSA) is 12.0 Å². The summed E-state index contributed by atoms with van der Waals surface area (Å²) >= 11 is 12.1. The highest BCUT2D eigenvalue weighted by Crippen LogP contribution is 2.26. The van der Waals surface area contributed by atoms with Crippen LogP contribution in [0.1, 0.15) is 12.0 Å². The van der Waals surface area contributed by atoms with Gasteiger partial charge in [-0.3, -0.25) is 0 Å². The number of halogens is 2. The van der Waals surface area contributed by atoms with Gasteiger partial charge in [0.2, 0.25) is 0 Å². The molecule has 1 nitrogen and oxygen atoms in total. The smallest absolute Gasteiger partial charge is 0.0624 e. The van der Waals surface area contributed by atoms with Crippen molar-refractivity contribution in [3.8, 4) is 0 Å². The number of aryl methyl sites for hydroxylation is 1. The summed E-state index contributed by atoms with van der Waals surface area (Å²) in [5, 5.41) is 4.65. The summed E-state index contributed by atoms with van der Waals surface area (Å²) in [5.41, 5.74) is 2.22. The molecule has 1 N–H and O–H groups in total. The maximum absolute atomic E-state index is 6.13. The largest absolute Gasteiger partial charge is 0.385 e. The number of rotatable bonds is 5. The number of anilines is 1. The number of benzene rings is 2. The van der Waals surface area contributed by atoms with Gasteiger partial charge in [-0.05, 0) is 42.7 Å². The molecule has 0 saturated heterocycles. The molecule has 0 spiro atoms. The maximum Gasteiger partial charge on any atom is 0.0624 e. The van der Waals surface area contributed by atoms with Gasteiger partial charge in [-0.25, -0.2) is 0 Å². The van der Waals surface area contributed by atoms with Crippen LogP contribution in [0.25, 0.3) is 0 Å². The van der Waals surface area contributed by atoms with Crippen molar-refractivity contribution in [1.29, 1.82) is 0 Å². The molecular weight excluding hydrogens is 265 g/mol. The van der Waals surface area contributed by atoms with Gasteiger partial charge in [-0.15, -0.1) is 0 Å². The van der Waals surface area contributed by atoms with Crippen LogP contribution in [0.15, 0.2) is 42.5 Å². The zero-order valence-corrected chi connectivity index (χ0v) is 11.4. The summed E-state index contributed by atoms with van der Waals surface area (Å²) in [6.45, 7) is 0.910. The Bertz CT molecular complexity index is 497. The molecule has 18 heavy (non-hydrogen) atoms. The van der Waals surface area contributed by atoms with Crippen molar-refractivity contribution >= 4 is 28.9 Å². The molecule has 93 valence electrons. The lowest BCUT2D eigenvalue weighted by Crippen LogP contribution is -2.02. The van der Waals surface area contributed by atoms with E-state index in [4.69, 9.17) is 23.2 Å². The first kappa shape index (κ1) is 13.3. The second-order valence-electron chi connectivity index (χ2n) is 4.03. The van der Waals surface area contributed by atoms with Crippen molar-refractivity contribution in [1.82, 2.24) is 0 Å². The second kappa shape index (κ2) is 6.67. The molecule has 0 aromatic heterocycles. The normalized spacial score (nSPS) is 10.3. The molecule has 0 saturated carbocycles. The van der Waals surface area contributed by atoms with E-state index in [1.54, 1.807) is 0 Å². The molecule has 0 fully saturated rings. The molecule has 0 aliphatic rings. The Balaban J connectivity index is 1.81. The fourth-order valence-electron chi connectivity index (χ4n) is 1.76. The Morgan fingerprint density at radius 1 is 1.06 bits per heavy atom. The van der Waals surface area contributed by atoms with E-state index in [2.05, 4.69) is 11.4 Å². The lowest BCUT2D eigenvalue weighted by atomic mass is 10.1. The van der Waals surface area contributed by atoms with Crippen molar-refractivity contribution in [2.45, 2.75) is 12.8 Å². The van der Waals surface area contributed by atoms with Gasteiger partial charge in [0.15, 0.2) is 0 Å². The molecular formula is C15H14Cl2N. The van der Waals surface area contributed by atoms with Crippen LogP contribution >= 0.6 is 23.2 Å². The lowest BCUT2D eigenvalue weighted by Gasteiger charge is -2.07. The van der Waals surface area contributed by atoms with Crippen LogP contribution in [0.3, 0.4) is 0 Å². The van der Waals surface area contributed by atoms with E-state index in [0.29, 0.717) is 10.0 Å². The van der Waals surface area contributed by atoms with Crippen LogP contribution in [-0.4, -0.2) is 6.54 Å². The monoisotopic (exact) mass is 278 g/mol. The lowest BCUT2D eigenvalue weighted by molar-refractivity contribution is 0.863. The first-order valence-electron chi connectivity index (χ1n) is 5.90. The predicted molar refractivity (Wildman–Crippen MR) is 78.6 cm³/mol. The quantitative estimate of drug-likeness (QED) is 0.772. The molecule has 0 aliphatic heterocycles. The summed E-state index contributed by atoms with van der Waals surface area (Å²) in [5.74, 6) is 0. The third kappa shape index (κ3) is 3.66. The molecule has 0 aliphatic carbocycles. The Morgan fingerprint density at radius 3 is 2.61 bits per heavy atom. The minimum atomic E-state index is 0.626. The summed E-state index contributed by atoms with van der Waals surface area (Å²) in [6.07, 6.45) is 1.93. The van der Waals surface area contributed by atoms with Crippen molar-refractivity contribution in [2.24, 2.45) is 0 Å². The highest BCUT2D eigenvalue weighted by molar-refractivity contribution is 6.42. The minimum absolute atomic E-state index is 0.626. The first-order valence-corrected chi connectivity index (χ1v) is 6.66. The molecule has 1 radical (unpaired) electrons. The average Bonchev–Trinajstić information content (AvgIpc) is 2.40. The van der Waals surface area contributed by atoms with Gasteiger partial charge in [-0.1, -0.05) is 47.5 Å². The highest BCUT2D eigenvalue weighted by atomic mass is 35.5. The zero-order valence-electron chi connectivity index (χ0n) is 9.92. The average molecular weight is 279 g/mol. The molecule has 0 amide bonds. The van der Waals surface area contributed by atoms with E-state index in [9.17, 15) is 0 Å². The van der Waals surface area contributed by atoms with Crippen LogP contribution in [-0.2, 0) is 6.42 Å². The van der Waals surface area contributed by atoms with Crippen LogP contribution in [0.2, 0.25) is 10.0 Å². The molecule has 2 rings (SSSR count). The molecule has 2 aromatic rings. The van der Waals surface area contributed by atoms with Crippen molar-refractivity contribution < 1.29 is 0 Å². The van der Waals surface area contributed by atoms with E-state index in [1.165, 1.54) is 0 Å². The van der Waals surface area contributed by atoms with E-state index < -0.39 is 0 Å². The molecule has 0 bridgehead atoms. The van der Waals surface area contributed by atoms with Crippen molar-refractivity contribution in [2.75, 3.05) is 11.9 Å². The predicted octanol–water partition coefficient (Wildman–Crippen LogP) is 4.84. The van der Waals surface area contributed by atoms with Crippen LogP contribution < -0.4 is 5.32 Å². The molecule has 3 heteroatoms. The Hall–Kier alpha value is -1.18. The minimum Gasteiger partial charge on any atom is -0.385 e. The Kier molecular flexibility index (Phi) is 4.91. The summed E-state index contributed by atoms with van der Waals surface area (Å²) in [4.78, 5) is 0. The SMILES string of the molecule is Clc1cccc(CCCNc2cc[c]cc2)c1Cl. The van der Waals surface area contributed by atoms with Gasteiger partial charge in [0.1, 0.15) is 0 Å². The fraction of sp³-hybridized carbons (Fsp3) is 0.200. The maximum atomic E-state index is 6.13. The van der Waals surface area contributed by atoms with Gasteiger partial charge < -0.3 is 5.32 Å². The van der Waals surface area contributed by atoms with Gasteiger partial charge in [0, 0.05) is 12.2 Å². The van der Waals surface area contributed by atoms with E-state index in [-0.39, 0.29) is 0 Å². The fourth-order valence-corrected chi connectivity index (χ4v) is 2.17. The number of hydrogen-bond donors (Lipinski definition) is 1. The van der Waals surface area contributed by atoms with Crippen molar-refractivity contribution in [3.05, 3.63) is 64.1 Å². The second-order valence-corrected chi connectivity index (χ2v) is 4.82. The standard InChI is InChI=1S/C15H14Cl2N/c16-14-10-4-6-12(15(14)17)7-5-11-18-13-8-2-1-3-9-13/h2-4,6,8-10,18H,5,7,11H2. The molecule has 0 atom stereocenters. The number of hydrogen-bond acceptors (Lipinski definition) is 1. The zero-order chi connectivity index (χ0) is 12.8. The Labute approximate surface area is 118 Å². The van der Waals surface area contributed by atoms with Crippen LogP contribution in [0.4, 0.5) is 5.69 Å². The van der Waals surface area contributed by atoms with Gasteiger partial charge >= 0.3 is 0 Å². The van der Waals surface area contributed by atoms with Gasteiger partial charge in [-0.2, -0.15) is 0 Å². The number of nitrogens with one attached hydrogen (secondary N) is 1. The third-order valence-corrected chi connectivity index (χ3v) is 3.56. The van der Waals surface area contributed by atoms with E-state index in [1.807, 2.05) is 42.5 Å². The molecule has 0 heterocycles. The third-order valence-electron chi connectivity index (χ3n) is 2.70. The van der Waals surface area contributed by atoms with Crippen LogP contribution in [0, 0.1) is 6.07 Å². The summed E-state index contributed by atoms with van der Waals surface area (Å²) < 4.78 is 0. The van der Waals surface area contributed by atoms with E-state index >= 15 is 0 Å². The first-order chi connectivity index (χ1) is 8.77. The molecule has 0 unspecified atom stereocenters. The highest BCUT2D eigenvalue weighted by Gasteiger charge is 2.03. The van der Waals surface area contributed by atoms with Crippen LogP contribution in [0.5, 0.6) is 0 Å². The summed E-state index contributed by atoms with van der Waals surface area (Å²) in [6, 6.07) is 16.6. The summed E-state index contributed by atoms with van der Waals surface area (Å²) in [7, 11) is 0. The van der Waals surface area contributed by atoms with Gasteiger partial charge in [0.25, 0.3) is 0 Å². The van der Waals surface area contributed by atoms with E-state index in [0.717, 1.165) is 30.6 Å². The molecule has 2 aromatic carbocycles. The van der Waals surface area contributed by atoms with Crippen molar-refractivity contribution in [3.63, 3.8) is 0 Å². The Morgan fingerprint density at radius 2 is 1.83 bits per heavy atom.